The number of likely N-dealkylation sites (tertiary alicyclic amines) is 1. The number of rotatable bonds is 10. The third-order valence-electron chi connectivity index (χ3n) is 7.53. The van der Waals surface area contributed by atoms with Crippen molar-refractivity contribution in [2.75, 3.05) is 58.8 Å². The van der Waals surface area contributed by atoms with Crippen molar-refractivity contribution in [2.45, 2.75) is 25.3 Å². The zero-order valence-electron chi connectivity index (χ0n) is 23.7. The number of carbonyl (C=O) groups excluding carboxylic acids is 4. The lowest BCUT2D eigenvalue weighted by atomic mass is 10.0. The summed E-state index contributed by atoms with van der Waals surface area (Å²) in [5.41, 5.74) is 2.51. The molecule has 0 unspecified atom stereocenters. The van der Waals surface area contributed by atoms with Gasteiger partial charge in [-0.15, -0.1) is 0 Å². The SMILES string of the molecule is COCCN(C)C(=O)/C(=C\N(C=O)CC(=O)N1CCC(N2CCc3ccccc3NC2=O)CC1)c1cc(Cl)cc(Cl)c1. The van der Waals surface area contributed by atoms with E-state index >= 15 is 0 Å². The molecule has 0 saturated carbocycles. The molecule has 2 aromatic carbocycles. The third kappa shape index (κ3) is 7.81. The first-order valence-electron chi connectivity index (χ1n) is 13.8. The van der Waals surface area contributed by atoms with Gasteiger partial charge in [0.2, 0.25) is 12.3 Å². The van der Waals surface area contributed by atoms with Crippen LogP contribution in [0.25, 0.3) is 5.57 Å². The van der Waals surface area contributed by atoms with Crippen molar-refractivity contribution in [1.82, 2.24) is 19.6 Å². The average Bonchev–Trinajstić information content (AvgIpc) is 3.15. The van der Waals surface area contributed by atoms with Gasteiger partial charge in [0.1, 0.15) is 6.54 Å². The maximum Gasteiger partial charge on any atom is 0.322 e. The fourth-order valence-corrected chi connectivity index (χ4v) is 5.72. The summed E-state index contributed by atoms with van der Waals surface area (Å²) >= 11 is 12.4. The standard InChI is InChI=1S/C30H35Cl2N5O5/c1-34(13-14-42-2)29(40)26(22-15-23(31)17-24(32)16-22)18-35(20-38)19-28(39)36-10-8-25(9-11-36)37-12-7-21-5-3-4-6-27(21)33-30(37)41/h3-6,15-18,20,25H,7-14,19H2,1-2H3,(H,33,41)/b26-18-. The molecule has 1 saturated heterocycles. The molecular formula is C30H35Cl2N5O5. The molecule has 42 heavy (non-hydrogen) atoms. The fourth-order valence-electron chi connectivity index (χ4n) is 5.20. The number of piperidine rings is 1. The minimum absolute atomic E-state index is 0.00451. The van der Waals surface area contributed by atoms with Crippen LogP contribution in [-0.2, 0) is 25.5 Å². The van der Waals surface area contributed by atoms with Crippen molar-refractivity contribution in [3.05, 3.63) is 69.8 Å². The molecule has 12 heteroatoms. The number of likely N-dealkylation sites (N-methyl/N-ethyl adjacent to an activating group) is 1. The van der Waals surface area contributed by atoms with Crippen LogP contribution in [0.2, 0.25) is 10.0 Å². The number of urea groups is 1. The van der Waals surface area contributed by atoms with Gasteiger partial charge in [0.25, 0.3) is 5.91 Å². The molecular weight excluding hydrogens is 581 g/mol. The summed E-state index contributed by atoms with van der Waals surface area (Å²) in [6, 6.07) is 12.4. The largest absolute Gasteiger partial charge is 0.383 e. The van der Waals surface area contributed by atoms with Gasteiger partial charge in [0.15, 0.2) is 0 Å². The lowest BCUT2D eigenvalue weighted by Crippen LogP contribution is -2.51. The Labute approximate surface area is 255 Å². The summed E-state index contributed by atoms with van der Waals surface area (Å²) in [7, 11) is 3.15. The average molecular weight is 617 g/mol. The second kappa shape index (κ2) is 14.5. The number of anilines is 1. The van der Waals surface area contributed by atoms with E-state index in [0.717, 1.165) is 22.6 Å². The van der Waals surface area contributed by atoms with Gasteiger partial charge < -0.3 is 29.7 Å². The topological polar surface area (TPSA) is 102 Å². The van der Waals surface area contributed by atoms with Crippen LogP contribution < -0.4 is 5.32 Å². The van der Waals surface area contributed by atoms with Crippen LogP contribution in [0.15, 0.2) is 48.7 Å². The Morgan fingerprint density at radius 1 is 1.10 bits per heavy atom. The van der Waals surface area contributed by atoms with Crippen LogP contribution in [0, 0.1) is 0 Å². The van der Waals surface area contributed by atoms with Gasteiger partial charge in [0, 0.05) is 68.3 Å². The van der Waals surface area contributed by atoms with Gasteiger partial charge in [-0.1, -0.05) is 41.4 Å². The normalized spacial score (nSPS) is 15.9. The molecule has 0 radical (unpaired) electrons. The van der Waals surface area contributed by atoms with E-state index in [9.17, 15) is 19.2 Å². The number of hydrogen-bond acceptors (Lipinski definition) is 5. The van der Waals surface area contributed by atoms with Crippen molar-refractivity contribution < 1.29 is 23.9 Å². The van der Waals surface area contributed by atoms with Crippen LogP contribution in [0.1, 0.15) is 24.0 Å². The molecule has 2 aliphatic rings. The first-order valence-corrected chi connectivity index (χ1v) is 14.5. The van der Waals surface area contributed by atoms with E-state index in [4.69, 9.17) is 27.9 Å². The van der Waals surface area contributed by atoms with Gasteiger partial charge in [-0.2, -0.15) is 0 Å². The maximum absolute atomic E-state index is 13.4. The number of hydrogen-bond donors (Lipinski definition) is 1. The van der Waals surface area contributed by atoms with E-state index in [1.54, 1.807) is 30.1 Å². The third-order valence-corrected chi connectivity index (χ3v) is 7.97. The number of halogens is 2. The fraction of sp³-hybridized carbons (Fsp3) is 0.400. The zero-order chi connectivity index (χ0) is 30.2. The number of fused-ring (bicyclic) bond motifs is 1. The Morgan fingerprint density at radius 2 is 1.79 bits per heavy atom. The molecule has 0 atom stereocenters. The first-order chi connectivity index (χ1) is 20.2. The number of methoxy groups -OCH3 is 1. The molecule has 224 valence electrons. The van der Waals surface area contributed by atoms with E-state index in [1.165, 1.54) is 18.2 Å². The van der Waals surface area contributed by atoms with Crippen molar-refractivity contribution in [3.8, 4) is 0 Å². The van der Waals surface area contributed by atoms with Crippen molar-refractivity contribution in [3.63, 3.8) is 0 Å². The molecule has 0 aliphatic carbocycles. The molecule has 4 rings (SSSR count). The predicted octanol–water partition coefficient (Wildman–Crippen LogP) is 3.98. The van der Waals surface area contributed by atoms with Gasteiger partial charge in [0.05, 0.1) is 12.2 Å². The smallest absolute Gasteiger partial charge is 0.322 e. The number of nitrogens with zero attached hydrogens (tertiary/aromatic N) is 4. The summed E-state index contributed by atoms with van der Waals surface area (Å²) < 4.78 is 5.08. The summed E-state index contributed by atoms with van der Waals surface area (Å²) in [6.07, 6.45) is 3.88. The zero-order valence-corrected chi connectivity index (χ0v) is 25.2. The highest BCUT2D eigenvalue weighted by molar-refractivity contribution is 6.35. The first kappa shape index (κ1) is 31.3. The van der Waals surface area contributed by atoms with Crippen LogP contribution in [0.3, 0.4) is 0 Å². The maximum atomic E-state index is 13.4. The second-order valence-electron chi connectivity index (χ2n) is 10.3. The molecule has 0 spiro atoms. The van der Waals surface area contributed by atoms with Crippen molar-refractivity contribution in [1.29, 1.82) is 0 Å². The number of amides is 5. The van der Waals surface area contributed by atoms with Crippen molar-refractivity contribution >= 4 is 58.7 Å². The molecule has 1 fully saturated rings. The molecule has 1 N–H and O–H groups in total. The molecule has 0 aromatic heterocycles. The summed E-state index contributed by atoms with van der Waals surface area (Å²) in [6.45, 7) is 1.90. The quantitative estimate of drug-likeness (QED) is 0.322. The Bertz CT molecular complexity index is 1320. The Balaban J connectivity index is 1.42. The van der Waals surface area contributed by atoms with Crippen LogP contribution in [0.4, 0.5) is 10.5 Å². The van der Waals surface area contributed by atoms with E-state index in [0.29, 0.717) is 67.6 Å². The molecule has 2 heterocycles. The monoisotopic (exact) mass is 615 g/mol. The van der Waals surface area contributed by atoms with Gasteiger partial charge >= 0.3 is 6.03 Å². The number of carbonyl (C=O) groups is 4. The predicted molar refractivity (Wildman–Crippen MR) is 162 cm³/mol. The van der Waals surface area contributed by atoms with E-state index in [1.807, 2.05) is 29.2 Å². The lowest BCUT2D eigenvalue weighted by molar-refractivity contribution is -0.135. The Morgan fingerprint density at radius 3 is 2.45 bits per heavy atom. The molecule has 10 nitrogen and oxygen atoms in total. The number of para-hydroxylation sites is 1. The van der Waals surface area contributed by atoms with Crippen molar-refractivity contribution in [2.24, 2.45) is 0 Å². The van der Waals surface area contributed by atoms with E-state index < -0.39 is 0 Å². The highest BCUT2D eigenvalue weighted by atomic mass is 35.5. The highest BCUT2D eigenvalue weighted by Crippen LogP contribution is 2.27. The number of nitrogens with one attached hydrogen (secondary N) is 1. The minimum atomic E-state index is -0.386. The lowest BCUT2D eigenvalue weighted by Gasteiger charge is -2.38. The molecule has 2 aliphatic heterocycles. The van der Waals surface area contributed by atoms with Crippen LogP contribution in [-0.4, -0.2) is 103 Å². The molecule has 0 bridgehead atoms. The summed E-state index contributed by atoms with van der Waals surface area (Å²) in [5.74, 6) is -0.642. The number of benzene rings is 2. The summed E-state index contributed by atoms with van der Waals surface area (Å²) in [5, 5.41) is 3.66. The minimum Gasteiger partial charge on any atom is -0.383 e. The Kier molecular flexibility index (Phi) is 10.8. The van der Waals surface area contributed by atoms with Crippen LogP contribution in [0.5, 0.6) is 0 Å². The van der Waals surface area contributed by atoms with Gasteiger partial charge in [-0.3, -0.25) is 14.4 Å². The molecule has 5 amide bonds. The van der Waals surface area contributed by atoms with Crippen LogP contribution >= 0.6 is 23.2 Å². The van der Waals surface area contributed by atoms with Gasteiger partial charge in [-0.25, -0.2) is 4.79 Å². The van der Waals surface area contributed by atoms with Gasteiger partial charge in [-0.05, 0) is 54.7 Å². The van der Waals surface area contributed by atoms with E-state index in [2.05, 4.69) is 5.32 Å². The molecule has 2 aromatic rings. The second-order valence-corrected chi connectivity index (χ2v) is 11.2. The summed E-state index contributed by atoms with van der Waals surface area (Å²) in [4.78, 5) is 57.8. The highest BCUT2D eigenvalue weighted by Gasteiger charge is 2.31. The van der Waals surface area contributed by atoms with E-state index in [-0.39, 0.29) is 36.0 Å². The number of ether oxygens (including phenoxy) is 1. The Hall–Kier alpha value is -3.60.